The number of piperidine rings is 1. The molecule has 1 aliphatic heterocycles. The van der Waals surface area contributed by atoms with E-state index in [1.165, 1.54) is 38.8 Å². The lowest BCUT2D eigenvalue weighted by molar-refractivity contribution is 0.0906. The molecule has 1 aliphatic carbocycles. The highest BCUT2D eigenvalue weighted by molar-refractivity contribution is 5.95. The number of carbonyl (C=O) groups is 1. The lowest BCUT2D eigenvalue weighted by Crippen LogP contribution is -2.37. The fourth-order valence-electron chi connectivity index (χ4n) is 4.00. The van der Waals surface area contributed by atoms with Crippen LogP contribution in [0.2, 0.25) is 0 Å². The second kappa shape index (κ2) is 10.3. The third kappa shape index (κ3) is 6.58. The van der Waals surface area contributed by atoms with Crippen LogP contribution < -0.4 is 15.8 Å². The maximum absolute atomic E-state index is 12.7. The van der Waals surface area contributed by atoms with Crippen LogP contribution in [0.5, 0.6) is 0 Å². The van der Waals surface area contributed by atoms with Gasteiger partial charge in [-0.05, 0) is 81.4 Å². The van der Waals surface area contributed by atoms with Gasteiger partial charge in [0.2, 0.25) is 0 Å². The third-order valence-electron chi connectivity index (χ3n) is 6.17. The number of ether oxygens (including phenoxy) is 1. The summed E-state index contributed by atoms with van der Waals surface area (Å²) < 4.78 is 5.61. The van der Waals surface area contributed by atoms with Crippen LogP contribution in [0, 0.1) is 18.8 Å². The van der Waals surface area contributed by atoms with Crippen molar-refractivity contribution in [2.45, 2.75) is 32.6 Å². The van der Waals surface area contributed by atoms with E-state index in [0.717, 1.165) is 46.6 Å². The van der Waals surface area contributed by atoms with Crippen LogP contribution in [-0.2, 0) is 4.74 Å². The van der Waals surface area contributed by atoms with E-state index in [0.29, 0.717) is 13.2 Å². The molecule has 1 saturated carbocycles. The third-order valence-corrected chi connectivity index (χ3v) is 6.17. The summed E-state index contributed by atoms with van der Waals surface area (Å²) in [6.45, 7) is 11.6. The Balaban J connectivity index is 1.60. The topological polar surface area (TPSA) is 44.8 Å². The molecule has 1 N–H and O–H groups in total. The van der Waals surface area contributed by atoms with Gasteiger partial charge in [0, 0.05) is 43.7 Å². The molecular weight excluding hydrogens is 362 g/mol. The van der Waals surface area contributed by atoms with Crippen LogP contribution >= 0.6 is 0 Å². The van der Waals surface area contributed by atoms with E-state index < -0.39 is 0 Å². The van der Waals surface area contributed by atoms with Gasteiger partial charge < -0.3 is 19.9 Å². The highest BCUT2D eigenvalue weighted by atomic mass is 16.5. The first kappa shape index (κ1) is 21.8. The number of carbonyl (C=O) groups excluding carboxylic acids is 1. The molecule has 0 bridgehead atoms. The van der Waals surface area contributed by atoms with Crippen molar-refractivity contribution < 1.29 is 9.53 Å². The highest BCUT2D eigenvalue weighted by Crippen LogP contribution is 2.28. The average Bonchev–Trinajstić information content (AvgIpc) is 3.51. The number of likely N-dealkylation sites (tertiary alicyclic amines) is 1. The van der Waals surface area contributed by atoms with Gasteiger partial charge in [-0.1, -0.05) is 12.6 Å². The predicted octanol–water partition coefficient (Wildman–Crippen LogP) is 1.57. The minimum atomic E-state index is -0.0369. The molecule has 29 heavy (non-hydrogen) atoms. The molecule has 5 nitrogen and oxygen atoms in total. The van der Waals surface area contributed by atoms with E-state index in [1.54, 1.807) is 0 Å². The average molecular weight is 400 g/mol. The highest BCUT2D eigenvalue weighted by Gasteiger charge is 2.21. The smallest absolute Gasteiger partial charge is 0.251 e. The maximum Gasteiger partial charge on any atom is 0.251 e. The van der Waals surface area contributed by atoms with E-state index in [9.17, 15) is 4.79 Å². The number of hydrogen-bond donors (Lipinski definition) is 1. The molecule has 1 aromatic rings. The molecule has 0 unspecified atom stereocenters. The number of amides is 1. The predicted molar refractivity (Wildman–Crippen MR) is 119 cm³/mol. The Hall–Kier alpha value is -1.85. The molecule has 5 heteroatoms. The Morgan fingerprint density at radius 2 is 2.00 bits per heavy atom. The Morgan fingerprint density at radius 3 is 2.69 bits per heavy atom. The molecule has 2 fully saturated rings. The summed E-state index contributed by atoms with van der Waals surface area (Å²) in [5.41, 5.74) is 1.71. The maximum atomic E-state index is 12.7. The Bertz CT molecular complexity index is 795. The first-order valence-electron chi connectivity index (χ1n) is 11.0. The molecule has 0 atom stereocenters. The standard InChI is InChI=1S/C24H37N3O2/c1-18-5-8-22(24(28)25-11-14-29-17-21-6-7-21)19(2)23(18)16-27(4)15-20-9-12-26(3)13-10-20/h5,8,16,20-21H,1,6-7,9-15,17H2,2-4H3,(H,25,28)/b23-16+. The lowest BCUT2D eigenvalue weighted by atomic mass is 9.96. The normalized spacial score (nSPS) is 18.8. The van der Waals surface area contributed by atoms with Gasteiger partial charge in [-0.15, -0.1) is 0 Å². The van der Waals surface area contributed by atoms with Crippen LogP contribution in [0.25, 0.3) is 12.8 Å². The molecule has 2 aliphatic rings. The van der Waals surface area contributed by atoms with Gasteiger partial charge in [0.25, 0.3) is 5.91 Å². The zero-order valence-corrected chi connectivity index (χ0v) is 18.4. The SMILES string of the molecule is C=c1ccc(C(=O)NCCOCC2CC2)c(C)/c1=C/N(C)CC1CCN(C)CC1. The van der Waals surface area contributed by atoms with Gasteiger partial charge in [0.05, 0.1) is 6.61 Å². The van der Waals surface area contributed by atoms with Crippen LogP contribution in [0.15, 0.2) is 12.1 Å². The Kier molecular flexibility index (Phi) is 7.73. The van der Waals surface area contributed by atoms with Gasteiger partial charge in [-0.25, -0.2) is 0 Å². The van der Waals surface area contributed by atoms with Gasteiger partial charge in [0.1, 0.15) is 0 Å². The number of nitrogens with zero attached hydrogens (tertiary/aromatic N) is 2. The van der Waals surface area contributed by atoms with Crippen LogP contribution in [0.3, 0.4) is 0 Å². The number of benzene rings is 1. The van der Waals surface area contributed by atoms with Crippen molar-refractivity contribution in [2.24, 2.45) is 11.8 Å². The van der Waals surface area contributed by atoms with Gasteiger partial charge in [0.15, 0.2) is 0 Å². The number of rotatable bonds is 9. The van der Waals surface area contributed by atoms with E-state index in [1.807, 2.05) is 19.1 Å². The van der Waals surface area contributed by atoms with Gasteiger partial charge in [-0.2, -0.15) is 0 Å². The van der Waals surface area contributed by atoms with E-state index in [-0.39, 0.29) is 5.91 Å². The van der Waals surface area contributed by atoms with Crippen molar-refractivity contribution in [3.63, 3.8) is 0 Å². The monoisotopic (exact) mass is 399 g/mol. The Morgan fingerprint density at radius 1 is 1.28 bits per heavy atom. The molecule has 1 aromatic carbocycles. The fraction of sp³-hybridized carbons (Fsp3) is 0.625. The molecule has 1 saturated heterocycles. The summed E-state index contributed by atoms with van der Waals surface area (Å²) in [4.78, 5) is 17.3. The summed E-state index contributed by atoms with van der Waals surface area (Å²) >= 11 is 0. The van der Waals surface area contributed by atoms with E-state index in [2.05, 4.69) is 42.0 Å². The minimum Gasteiger partial charge on any atom is -0.380 e. The van der Waals surface area contributed by atoms with Crippen LogP contribution in [0.1, 0.15) is 41.6 Å². The van der Waals surface area contributed by atoms with Crippen molar-refractivity contribution in [1.29, 1.82) is 0 Å². The molecular formula is C24H37N3O2. The van der Waals surface area contributed by atoms with E-state index in [4.69, 9.17) is 4.74 Å². The molecule has 1 amide bonds. The molecule has 0 radical (unpaired) electrons. The van der Waals surface area contributed by atoms with Crippen molar-refractivity contribution in [3.05, 3.63) is 33.7 Å². The summed E-state index contributed by atoms with van der Waals surface area (Å²) in [6, 6.07) is 3.83. The zero-order chi connectivity index (χ0) is 20.8. The quantitative estimate of drug-likeness (QED) is 0.641. The summed E-state index contributed by atoms with van der Waals surface area (Å²) in [7, 11) is 4.32. The largest absolute Gasteiger partial charge is 0.380 e. The zero-order valence-electron chi connectivity index (χ0n) is 18.4. The molecule has 0 aromatic heterocycles. The number of hydrogen-bond acceptors (Lipinski definition) is 4. The van der Waals surface area contributed by atoms with E-state index >= 15 is 0 Å². The summed E-state index contributed by atoms with van der Waals surface area (Å²) in [6.07, 6.45) is 7.22. The molecule has 0 spiro atoms. The van der Waals surface area contributed by atoms with Gasteiger partial charge >= 0.3 is 0 Å². The van der Waals surface area contributed by atoms with Gasteiger partial charge in [-0.3, -0.25) is 4.79 Å². The van der Waals surface area contributed by atoms with Crippen LogP contribution in [0.4, 0.5) is 0 Å². The second-order valence-corrected chi connectivity index (χ2v) is 8.90. The van der Waals surface area contributed by atoms with Crippen molar-refractivity contribution in [3.8, 4) is 0 Å². The lowest BCUT2D eigenvalue weighted by Gasteiger charge is -2.31. The van der Waals surface area contributed by atoms with Crippen molar-refractivity contribution >= 4 is 18.7 Å². The minimum absolute atomic E-state index is 0.0369. The number of nitrogens with one attached hydrogen (secondary N) is 1. The first-order chi connectivity index (χ1) is 13.9. The summed E-state index contributed by atoms with van der Waals surface area (Å²) in [5, 5.41) is 5.00. The molecule has 160 valence electrons. The van der Waals surface area contributed by atoms with Crippen molar-refractivity contribution in [1.82, 2.24) is 15.1 Å². The molecule has 3 rings (SSSR count). The summed E-state index contributed by atoms with van der Waals surface area (Å²) in [5.74, 6) is 1.44. The molecule has 1 heterocycles. The first-order valence-corrected chi connectivity index (χ1v) is 11.0. The fourth-order valence-corrected chi connectivity index (χ4v) is 4.00. The Labute approximate surface area is 175 Å². The second-order valence-electron chi connectivity index (χ2n) is 8.90. The van der Waals surface area contributed by atoms with Crippen LogP contribution in [-0.4, -0.2) is 69.2 Å². The van der Waals surface area contributed by atoms with Crippen molar-refractivity contribution in [2.75, 3.05) is 53.5 Å².